The molecule has 6 heteroatoms. The Balaban J connectivity index is 2.50. The van der Waals surface area contributed by atoms with Gasteiger partial charge in [-0.2, -0.15) is 13.2 Å². The van der Waals surface area contributed by atoms with Gasteiger partial charge in [-0.25, -0.2) is 0 Å². The van der Waals surface area contributed by atoms with Crippen LogP contribution in [-0.4, -0.2) is 12.5 Å². The van der Waals surface area contributed by atoms with Crippen molar-refractivity contribution in [1.29, 1.82) is 0 Å². The van der Waals surface area contributed by atoms with Crippen LogP contribution in [0.5, 0.6) is 0 Å². The number of halogens is 4. The molecule has 0 radical (unpaired) electrons. The predicted molar refractivity (Wildman–Crippen MR) is 25.9 cm³/mol. The molecule has 1 rings (SSSR count). The standard InChI is InChI=1S/C4H2ClF3O2/c5-2-1-9-3(10-2)4(6,7)8/h1,3H. The van der Waals surface area contributed by atoms with Crippen molar-refractivity contribution in [2.24, 2.45) is 0 Å². The van der Waals surface area contributed by atoms with Crippen molar-refractivity contribution in [1.82, 2.24) is 0 Å². The fourth-order valence-electron chi connectivity index (χ4n) is 0.417. The highest BCUT2D eigenvalue weighted by Gasteiger charge is 2.46. The highest BCUT2D eigenvalue weighted by atomic mass is 35.5. The van der Waals surface area contributed by atoms with Crippen molar-refractivity contribution in [2.45, 2.75) is 12.5 Å². The van der Waals surface area contributed by atoms with E-state index in [9.17, 15) is 13.2 Å². The second kappa shape index (κ2) is 2.23. The van der Waals surface area contributed by atoms with Crippen molar-refractivity contribution in [3.63, 3.8) is 0 Å². The Labute approximate surface area is 59.2 Å². The predicted octanol–water partition coefficient (Wildman–Crippen LogP) is 1.96. The van der Waals surface area contributed by atoms with Crippen molar-refractivity contribution in [2.75, 3.05) is 0 Å². The molecule has 1 aliphatic heterocycles. The molecule has 0 N–H and O–H groups in total. The molecule has 1 aliphatic rings. The largest absolute Gasteiger partial charge is 0.464 e. The van der Waals surface area contributed by atoms with Crippen molar-refractivity contribution >= 4 is 11.6 Å². The Morgan fingerprint density at radius 3 is 2.30 bits per heavy atom. The Morgan fingerprint density at radius 1 is 1.50 bits per heavy atom. The van der Waals surface area contributed by atoms with Gasteiger partial charge in [0, 0.05) is 0 Å². The number of rotatable bonds is 0. The van der Waals surface area contributed by atoms with Crippen LogP contribution in [0.1, 0.15) is 0 Å². The molecule has 0 aliphatic carbocycles. The van der Waals surface area contributed by atoms with Crippen LogP contribution in [0.2, 0.25) is 0 Å². The van der Waals surface area contributed by atoms with Crippen LogP contribution in [0, 0.1) is 0 Å². The summed E-state index contributed by atoms with van der Waals surface area (Å²) in [4.78, 5) is 0. The van der Waals surface area contributed by atoms with Gasteiger partial charge in [0.15, 0.2) is 0 Å². The van der Waals surface area contributed by atoms with Gasteiger partial charge in [-0.05, 0) is 11.6 Å². The van der Waals surface area contributed by atoms with E-state index >= 15 is 0 Å². The minimum absolute atomic E-state index is 0.387. The first kappa shape index (κ1) is 7.53. The van der Waals surface area contributed by atoms with Crippen LogP contribution in [0.25, 0.3) is 0 Å². The summed E-state index contributed by atoms with van der Waals surface area (Å²) in [7, 11) is 0. The third-order valence-corrected chi connectivity index (χ3v) is 0.949. The van der Waals surface area contributed by atoms with Gasteiger partial charge in [0.1, 0.15) is 6.26 Å². The smallest absolute Gasteiger partial charge is 0.450 e. The Morgan fingerprint density at radius 2 is 2.10 bits per heavy atom. The average molecular weight is 175 g/mol. The molecule has 1 unspecified atom stereocenters. The molecule has 0 spiro atoms. The van der Waals surface area contributed by atoms with Crippen molar-refractivity contribution < 1.29 is 22.6 Å². The molecular formula is C4H2ClF3O2. The summed E-state index contributed by atoms with van der Waals surface area (Å²) in [6, 6.07) is 0. The quantitative estimate of drug-likeness (QED) is 0.559. The molecule has 1 atom stereocenters. The lowest BCUT2D eigenvalue weighted by Gasteiger charge is -2.12. The summed E-state index contributed by atoms with van der Waals surface area (Å²) in [5.74, 6) is 0. The summed E-state index contributed by atoms with van der Waals surface area (Å²) in [5.41, 5.74) is 0. The molecule has 0 bridgehead atoms. The van der Waals surface area contributed by atoms with Crippen LogP contribution >= 0.6 is 11.6 Å². The van der Waals surface area contributed by atoms with Crippen LogP contribution in [0.4, 0.5) is 13.2 Å². The van der Waals surface area contributed by atoms with Crippen molar-refractivity contribution in [3.05, 3.63) is 11.5 Å². The maximum atomic E-state index is 11.6. The van der Waals surface area contributed by atoms with Gasteiger partial charge >= 0.3 is 12.5 Å². The lowest BCUT2D eigenvalue weighted by Crippen LogP contribution is -2.29. The topological polar surface area (TPSA) is 18.5 Å². The molecule has 0 amide bonds. The maximum absolute atomic E-state index is 11.6. The zero-order chi connectivity index (χ0) is 7.78. The van der Waals surface area contributed by atoms with Crippen molar-refractivity contribution in [3.8, 4) is 0 Å². The zero-order valence-corrected chi connectivity index (χ0v) is 5.24. The minimum atomic E-state index is -4.52. The number of hydrogen-bond acceptors (Lipinski definition) is 2. The van der Waals surface area contributed by atoms with Gasteiger partial charge in [-0.15, -0.1) is 0 Å². The summed E-state index contributed by atoms with van der Waals surface area (Å²) in [6.07, 6.45) is -6.05. The van der Waals surface area contributed by atoms with E-state index in [0.29, 0.717) is 6.26 Å². The number of alkyl halides is 3. The van der Waals surface area contributed by atoms with Gasteiger partial charge < -0.3 is 9.47 Å². The van der Waals surface area contributed by atoms with E-state index < -0.39 is 12.5 Å². The van der Waals surface area contributed by atoms with Crippen LogP contribution in [-0.2, 0) is 9.47 Å². The molecule has 1 heterocycles. The van der Waals surface area contributed by atoms with Gasteiger partial charge in [-0.1, -0.05) is 0 Å². The average Bonchev–Trinajstić information content (AvgIpc) is 2.11. The molecule has 10 heavy (non-hydrogen) atoms. The van der Waals surface area contributed by atoms with E-state index in [2.05, 4.69) is 9.47 Å². The molecule has 58 valence electrons. The highest BCUT2D eigenvalue weighted by Crippen LogP contribution is 2.30. The maximum Gasteiger partial charge on any atom is 0.464 e. The molecule has 0 fully saturated rings. The number of hydrogen-bond donors (Lipinski definition) is 0. The summed E-state index contributed by atoms with van der Waals surface area (Å²) >= 11 is 5.03. The first-order valence-corrected chi connectivity index (χ1v) is 2.62. The Bertz CT molecular complexity index is 164. The third kappa shape index (κ3) is 1.47. The summed E-state index contributed by atoms with van der Waals surface area (Å²) in [6.45, 7) is 0. The first-order valence-electron chi connectivity index (χ1n) is 2.24. The normalized spacial score (nSPS) is 25.2. The summed E-state index contributed by atoms with van der Waals surface area (Å²) < 4.78 is 42.8. The molecule has 0 saturated carbocycles. The second-order valence-corrected chi connectivity index (χ2v) is 1.92. The fraction of sp³-hybridized carbons (Fsp3) is 0.500. The lowest BCUT2D eigenvalue weighted by molar-refractivity contribution is -0.267. The van der Waals surface area contributed by atoms with E-state index in [1.54, 1.807) is 0 Å². The minimum Gasteiger partial charge on any atom is -0.450 e. The lowest BCUT2D eigenvalue weighted by atomic mass is 10.6. The van der Waals surface area contributed by atoms with Crippen LogP contribution in [0.15, 0.2) is 11.5 Å². The van der Waals surface area contributed by atoms with E-state index in [0.717, 1.165) is 0 Å². The summed E-state index contributed by atoms with van der Waals surface area (Å²) in [5, 5.41) is -0.387. The van der Waals surface area contributed by atoms with E-state index in [-0.39, 0.29) is 5.22 Å². The molecule has 2 nitrogen and oxygen atoms in total. The van der Waals surface area contributed by atoms with Gasteiger partial charge in [-0.3, -0.25) is 0 Å². The number of ether oxygens (including phenoxy) is 2. The van der Waals surface area contributed by atoms with Gasteiger partial charge in [0.25, 0.3) is 0 Å². The van der Waals surface area contributed by atoms with Gasteiger partial charge in [0.05, 0.1) is 0 Å². The van der Waals surface area contributed by atoms with E-state index in [1.165, 1.54) is 0 Å². The molecule has 0 aromatic heterocycles. The van der Waals surface area contributed by atoms with E-state index in [1.807, 2.05) is 0 Å². The fourth-order valence-corrected chi connectivity index (χ4v) is 0.549. The van der Waals surface area contributed by atoms with E-state index in [4.69, 9.17) is 11.6 Å². The highest BCUT2D eigenvalue weighted by molar-refractivity contribution is 6.28. The zero-order valence-electron chi connectivity index (χ0n) is 4.48. The third-order valence-electron chi connectivity index (χ3n) is 0.771. The molecular weight excluding hydrogens is 172 g/mol. The first-order chi connectivity index (χ1) is 4.50. The SMILES string of the molecule is FC(F)(F)C1OC=C(Cl)O1. The van der Waals surface area contributed by atoms with Crippen LogP contribution in [0.3, 0.4) is 0 Å². The monoisotopic (exact) mass is 174 g/mol. The molecule has 0 aromatic carbocycles. The Hall–Kier alpha value is -0.580. The molecule has 0 aromatic rings. The second-order valence-electron chi connectivity index (χ2n) is 1.55. The Kier molecular flexibility index (Phi) is 1.68. The van der Waals surface area contributed by atoms with Gasteiger partial charge in [0.2, 0.25) is 5.22 Å². The molecule has 0 saturated heterocycles. The van der Waals surface area contributed by atoms with Crippen LogP contribution < -0.4 is 0 Å².